The molecule has 3 nitrogen and oxygen atoms in total. The van der Waals surface area contributed by atoms with E-state index >= 15 is 0 Å². The highest BCUT2D eigenvalue weighted by molar-refractivity contribution is 9.10. The van der Waals surface area contributed by atoms with E-state index in [0.717, 1.165) is 0 Å². The summed E-state index contributed by atoms with van der Waals surface area (Å²) in [7, 11) is 0. The molecule has 118 valence electrons. The molecule has 0 spiro atoms. The van der Waals surface area contributed by atoms with Crippen molar-refractivity contribution in [2.24, 2.45) is 5.41 Å². The number of carbonyl (C=O) groups is 1. The summed E-state index contributed by atoms with van der Waals surface area (Å²) in [5.74, 6) is -1.56. The Morgan fingerprint density at radius 3 is 2.43 bits per heavy atom. The molecular formula is C16H22BrFO3. The molecule has 2 N–H and O–H groups in total. The van der Waals surface area contributed by atoms with Crippen molar-refractivity contribution in [3.8, 4) is 0 Å². The number of halogens is 2. The average molecular weight is 361 g/mol. The molecule has 0 bridgehead atoms. The van der Waals surface area contributed by atoms with E-state index in [1.54, 1.807) is 19.1 Å². The minimum Gasteiger partial charge on any atom is -0.481 e. The number of benzene rings is 1. The third-order valence-electron chi connectivity index (χ3n) is 3.98. The van der Waals surface area contributed by atoms with Crippen LogP contribution in [0, 0.1) is 11.2 Å². The highest BCUT2D eigenvalue weighted by atomic mass is 79.9. The minimum absolute atomic E-state index is 0.0437. The van der Waals surface area contributed by atoms with E-state index in [2.05, 4.69) is 15.9 Å². The molecule has 0 radical (unpaired) electrons. The second-order valence-corrected chi connectivity index (χ2v) is 7.27. The molecule has 1 aromatic rings. The molecular weight excluding hydrogens is 339 g/mol. The van der Waals surface area contributed by atoms with Crippen molar-refractivity contribution >= 4 is 21.9 Å². The lowest BCUT2D eigenvalue weighted by molar-refractivity contribution is -0.143. The van der Waals surface area contributed by atoms with Crippen LogP contribution in [0.25, 0.3) is 0 Å². The van der Waals surface area contributed by atoms with Crippen LogP contribution in [0.3, 0.4) is 0 Å². The number of hydrogen-bond donors (Lipinski definition) is 2. The summed E-state index contributed by atoms with van der Waals surface area (Å²) < 4.78 is 14.5. The fraction of sp³-hybridized carbons (Fsp3) is 0.562. The number of carboxylic acids is 1. The molecule has 0 aromatic heterocycles. The van der Waals surface area contributed by atoms with Gasteiger partial charge in [0, 0.05) is 12.2 Å². The second-order valence-electron chi connectivity index (χ2n) is 6.41. The predicted octanol–water partition coefficient (Wildman–Crippen LogP) is 4.12. The summed E-state index contributed by atoms with van der Waals surface area (Å²) in [5, 5.41) is 18.8. The third kappa shape index (κ3) is 4.27. The lowest BCUT2D eigenvalue weighted by atomic mass is 9.76. The quantitative estimate of drug-likeness (QED) is 0.768. The zero-order valence-electron chi connectivity index (χ0n) is 12.6. The first-order valence-electron chi connectivity index (χ1n) is 6.93. The first-order chi connectivity index (χ1) is 9.64. The van der Waals surface area contributed by atoms with Crippen molar-refractivity contribution in [2.75, 3.05) is 6.61 Å². The number of rotatable bonds is 7. The molecule has 0 saturated heterocycles. The summed E-state index contributed by atoms with van der Waals surface area (Å²) in [6.45, 7) is 5.43. The van der Waals surface area contributed by atoms with Gasteiger partial charge in [0.2, 0.25) is 0 Å². The molecule has 1 aromatic carbocycles. The molecule has 0 aliphatic carbocycles. The van der Waals surface area contributed by atoms with Crippen LogP contribution in [0.1, 0.15) is 45.6 Å². The van der Waals surface area contributed by atoms with Gasteiger partial charge >= 0.3 is 5.97 Å². The van der Waals surface area contributed by atoms with Crippen LogP contribution < -0.4 is 0 Å². The largest absolute Gasteiger partial charge is 0.481 e. The molecule has 0 unspecified atom stereocenters. The van der Waals surface area contributed by atoms with Gasteiger partial charge in [0.25, 0.3) is 0 Å². The Morgan fingerprint density at radius 1 is 1.29 bits per heavy atom. The summed E-state index contributed by atoms with van der Waals surface area (Å²) in [6.07, 6.45) is 1.60. The summed E-state index contributed by atoms with van der Waals surface area (Å²) in [5.41, 5.74) is -1.35. The van der Waals surface area contributed by atoms with E-state index in [1.165, 1.54) is 6.07 Å². The standard InChI is InChI=1S/C16H22BrFO3/c1-15(2,10-19)8-5-9-16(3,14(20)21)11-6-4-7-12(17)13(11)18/h4,6-7,19H,5,8-10H2,1-3H3,(H,20,21)/t16-/m1/s1. The van der Waals surface area contributed by atoms with Crippen molar-refractivity contribution in [1.82, 2.24) is 0 Å². The molecule has 5 heteroatoms. The van der Waals surface area contributed by atoms with Crippen molar-refractivity contribution in [1.29, 1.82) is 0 Å². The van der Waals surface area contributed by atoms with Crippen molar-refractivity contribution in [3.63, 3.8) is 0 Å². The average Bonchev–Trinajstić information content (AvgIpc) is 2.41. The van der Waals surface area contributed by atoms with Crippen LogP contribution in [-0.4, -0.2) is 22.8 Å². The van der Waals surface area contributed by atoms with Crippen molar-refractivity contribution in [3.05, 3.63) is 34.1 Å². The van der Waals surface area contributed by atoms with Crippen LogP contribution >= 0.6 is 15.9 Å². The third-order valence-corrected chi connectivity index (χ3v) is 4.59. The molecule has 0 saturated carbocycles. The van der Waals surface area contributed by atoms with Gasteiger partial charge in [0.1, 0.15) is 5.82 Å². The minimum atomic E-state index is -1.28. The predicted molar refractivity (Wildman–Crippen MR) is 83.8 cm³/mol. The maximum absolute atomic E-state index is 14.2. The molecule has 21 heavy (non-hydrogen) atoms. The zero-order chi connectivity index (χ0) is 16.3. The van der Waals surface area contributed by atoms with Crippen LogP contribution in [-0.2, 0) is 10.2 Å². The fourth-order valence-corrected chi connectivity index (χ4v) is 2.65. The molecule has 0 aliphatic rings. The SMILES string of the molecule is CC(C)(CO)CCC[C@@](C)(C(=O)O)c1cccc(Br)c1F. The maximum Gasteiger partial charge on any atom is 0.313 e. The highest BCUT2D eigenvalue weighted by Gasteiger charge is 2.38. The Labute approximate surface area is 133 Å². The Morgan fingerprint density at radius 2 is 1.90 bits per heavy atom. The van der Waals surface area contributed by atoms with Gasteiger partial charge in [0.05, 0.1) is 9.89 Å². The molecule has 0 aliphatic heterocycles. The van der Waals surface area contributed by atoms with Gasteiger partial charge in [-0.15, -0.1) is 0 Å². The number of carboxylic acid groups (broad SMARTS) is 1. The molecule has 0 fully saturated rings. The second kappa shape index (κ2) is 6.88. The van der Waals surface area contributed by atoms with E-state index in [4.69, 9.17) is 0 Å². The van der Waals surface area contributed by atoms with Crippen LogP contribution in [0.15, 0.2) is 22.7 Å². The van der Waals surface area contributed by atoms with Crippen molar-refractivity contribution < 1.29 is 19.4 Å². The van der Waals surface area contributed by atoms with Crippen molar-refractivity contribution in [2.45, 2.75) is 45.4 Å². The van der Waals surface area contributed by atoms with E-state index in [-0.39, 0.29) is 22.1 Å². The fourth-order valence-electron chi connectivity index (χ4n) is 2.29. The van der Waals surface area contributed by atoms with E-state index in [9.17, 15) is 19.4 Å². The Balaban J connectivity index is 2.99. The van der Waals surface area contributed by atoms with Gasteiger partial charge in [0.15, 0.2) is 0 Å². The lowest BCUT2D eigenvalue weighted by Gasteiger charge is -2.28. The van der Waals surface area contributed by atoms with Gasteiger partial charge in [-0.05, 0) is 47.2 Å². The van der Waals surface area contributed by atoms with Crippen LogP contribution in [0.2, 0.25) is 0 Å². The van der Waals surface area contributed by atoms with E-state index in [0.29, 0.717) is 19.3 Å². The monoisotopic (exact) mass is 360 g/mol. The molecule has 0 heterocycles. The van der Waals surface area contributed by atoms with Gasteiger partial charge in [-0.1, -0.05) is 32.4 Å². The maximum atomic E-state index is 14.2. The highest BCUT2D eigenvalue weighted by Crippen LogP contribution is 2.36. The topological polar surface area (TPSA) is 57.5 Å². The number of aliphatic hydroxyl groups is 1. The van der Waals surface area contributed by atoms with Gasteiger partial charge in [-0.2, -0.15) is 0 Å². The molecule has 1 atom stereocenters. The van der Waals surface area contributed by atoms with Crippen LogP contribution in [0.4, 0.5) is 4.39 Å². The lowest BCUT2D eigenvalue weighted by Crippen LogP contribution is -2.34. The molecule has 1 rings (SSSR count). The molecule has 0 amide bonds. The van der Waals surface area contributed by atoms with Gasteiger partial charge in [-0.3, -0.25) is 4.79 Å². The smallest absolute Gasteiger partial charge is 0.313 e. The zero-order valence-corrected chi connectivity index (χ0v) is 14.2. The summed E-state index contributed by atoms with van der Waals surface area (Å²) in [6, 6.07) is 4.71. The number of hydrogen-bond acceptors (Lipinski definition) is 2. The Kier molecular flexibility index (Phi) is 5.93. The number of aliphatic hydroxyl groups excluding tert-OH is 1. The normalized spacial score (nSPS) is 14.8. The first-order valence-corrected chi connectivity index (χ1v) is 7.72. The summed E-state index contributed by atoms with van der Waals surface area (Å²) >= 11 is 3.10. The van der Waals surface area contributed by atoms with E-state index < -0.39 is 17.2 Å². The first kappa shape index (κ1) is 18.1. The van der Waals surface area contributed by atoms with E-state index in [1.807, 2.05) is 13.8 Å². The summed E-state index contributed by atoms with van der Waals surface area (Å²) in [4.78, 5) is 11.7. The van der Waals surface area contributed by atoms with Gasteiger partial charge in [-0.25, -0.2) is 4.39 Å². The Bertz CT molecular complexity index is 516. The van der Waals surface area contributed by atoms with Crippen LogP contribution in [0.5, 0.6) is 0 Å². The Hall–Kier alpha value is -0.940. The number of aliphatic carboxylic acids is 1. The van der Waals surface area contributed by atoms with Gasteiger partial charge < -0.3 is 10.2 Å².